The fraction of sp³-hybridized carbons (Fsp3) is 0.467. The number of rotatable bonds is 5. The molecule has 21 heavy (non-hydrogen) atoms. The summed E-state index contributed by atoms with van der Waals surface area (Å²) in [4.78, 5) is 23.9. The summed E-state index contributed by atoms with van der Waals surface area (Å²) in [5, 5.41) is 8.57. The summed E-state index contributed by atoms with van der Waals surface area (Å²) >= 11 is 0. The summed E-state index contributed by atoms with van der Waals surface area (Å²) in [6.45, 7) is 3.64. The first-order valence-corrected chi connectivity index (χ1v) is 6.98. The lowest BCUT2D eigenvalue weighted by molar-refractivity contribution is -0.121. The van der Waals surface area contributed by atoms with Gasteiger partial charge >= 0.3 is 0 Å². The van der Waals surface area contributed by atoms with Crippen molar-refractivity contribution in [2.45, 2.75) is 6.92 Å². The normalized spacial score (nSPS) is 15.8. The minimum atomic E-state index is -0.204. The lowest BCUT2D eigenvalue weighted by Gasteiger charge is -2.31. The van der Waals surface area contributed by atoms with Crippen LogP contribution in [0.3, 0.4) is 0 Å². The first-order valence-electron chi connectivity index (χ1n) is 6.98. The first kappa shape index (κ1) is 15.3. The highest BCUT2D eigenvalue weighted by atomic mass is 16.5. The highest BCUT2D eigenvalue weighted by molar-refractivity contribution is 5.98. The van der Waals surface area contributed by atoms with Crippen LogP contribution in [0.15, 0.2) is 18.2 Å². The summed E-state index contributed by atoms with van der Waals surface area (Å²) in [6, 6.07) is 4.96. The number of carbonyl (C=O) groups excluding carboxylic acids is 2. The van der Waals surface area contributed by atoms with Crippen molar-refractivity contribution in [2.24, 2.45) is 11.8 Å². The average Bonchev–Trinajstić information content (AvgIpc) is 2.44. The van der Waals surface area contributed by atoms with Gasteiger partial charge in [-0.05, 0) is 37.2 Å². The Morgan fingerprint density at radius 3 is 2.62 bits per heavy atom. The zero-order valence-corrected chi connectivity index (χ0v) is 12.5. The van der Waals surface area contributed by atoms with Crippen molar-refractivity contribution in [3.05, 3.63) is 23.8 Å². The number of ether oxygens (including phenoxy) is 1. The van der Waals surface area contributed by atoms with Gasteiger partial charge < -0.3 is 20.7 Å². The zero-order valence-electron chi connectivity index (χ0n) is 12.5. The molecule has 0 saturated carbocycles. The molecule has 1 aromatic rings. The maximum Gasteiger partial charge on any atom is 0.251 e. The Kier molecular flexibility index (Phi) is 4.80. The lowest BCUT2D eigenvalue weighted by Crippen LogP contribution is -2.48. The third-order valence-corrected chi connectivity index (χ3v) is 3.88. The SMILES string of the molecule is CNC(=O)c1ccc(OC)c(NC(=O)C(C)C2CNC2)c1. The van der Waals surface area contributed by atoms with Crippen LogP contribution in [0.25, 0.3) is 0 Å². The van der Waals surface area contributed by atoms with Crippen LogP contribution in [0.1, 0.15) is 17.3 Å². The van der Waals surface area contributed by atoms with Crippen molar-refractivity contribution in [1.82, 2.24) is 10.6 Å². The minimum Gasteiger partial charge on any atom is -0.495 e. The Bertz CT molecular complexity index is 541. The van der Waals surface area contributed by atoms with Crippen LogP contribution < -0.4 is 20.7 Å². The summed E-state index contributed by atoms with van der Waals surface area (Å²) in [5.41, 5.74) is 0.995. The molecule has 1 heterocycles. The van der Waals surface area contributed by atoms with Gasteiger partial charge in [-0.1, -0.05) is 6.92 Å². The lowest BCUT2D eigenvalue weighted by atomic mass is 9.88. The van der Waals surface area contributed by atoms with E-state index < -0.39 is 0 Å². The van der Waals surface area contributed by atoms with E-state index in [4.69, 9.17) is 4.74 Å². The minimum absolute atomic E-state index is 0.0612. The summed E-state index contributed by atoms with van der Waals surface area (Å²) in [7, 11) is 3.10. The maximum atomic E-state index is 12.3. The van der Waals surface area contributed by atoms with E-state index in [1.807, 2.05) is 6.92 Å². The molecule has 6 nitrogen and oxygen atoms in total. The fourth-order valence-corrected chi connectivity index (χ4v) is 2.22. The molecular formula is C15H21N3O3. The molecule has 1 aliphatic rings. The summed E-state index contributed by atoms with van der Waals surface area (Å²) in [6.07, 6.45) is 0. The van der Waals surface area contributed by atoms with E-state index in [0.29, 0.717) is 22.9 Å². The Morgan fingerprint density at radius 2 is 2.10 bits per heavy atom. The van der Waals surface area contributed by atoms with E-state index in [2.05, 4.69) is 16.0 Å². The zero-order chi connectivity index (χ0) is 15.4. The van der Waals surface area contributed by atoms with E-state index in [0.717, 1.165) is 13.1 Å². The monoisotopic (exact) mass is 291 g/mol. The molecule has 1 atom stereocenters. The van der Waals surface area contributed by atoms with E-state index in [1.165, 1.54) is 7.11 Å². The molecule has 1 saturated heterocycles. The molecule has 0 spiro atoms. The van der Waals surface area contributed by atoms with Crippen molar-refractivity contribution in [3.63, 3.8) is 0 Å². The molecule has 6 heteroatoms. The number of benzene rings is 1. The molecular weight excluding hydrogens is 270 g/mol. The molecule has 0 radical (unpaired) electrons. The van der Waals surface area contributed by atoms with Gasteiger partial charge in [-0.25, -0.2) is 0 Å². The van der Waals surface area contributed by atoms with Crippen molar-refractivity contribution in [2.75, 3.05) is 32.6 Å². The Balaban J connectivity index is 2.16. The van der Waals surface area contributed by atoms with Gasteiger partial charge in [0.25, 0.3) is 5.91 Å². The number of amides is 2. The van der Waals surface area contributed by atoms with Gasteiger partial charge in [-0.15, -0.1) is 0 Å². The first-order chi connectivity index (χ1) is 10.1. The van der Waals surface area contributed by atoms with E-state index in [1.54, 1.807) is 25.2 Å². The topological polar surface area (TPSA) is 79.5 Å². The van der Waals surface area contributed by atoms with Crippen LogP contribution >= 0.6 is 0 Å². The molecule has 0 bridgehead atoms. The van der Waals surface area contributed by atoms with Gasteiger partial charge in [0.05, 0.1) is 12.8 Å². The Hall–Kier alpha value is -2.08. The molecule has 2 amide bonds. The van der Waals surface area contributed by atoms with Crippen molar-refractivity contribution in [3.8, 4) is 5.75 Å². The molecule has 3 N–H and O–H groups in total. The molecule has 1 aliphatic heterocycles. The van der Waals surface area contributed by atoms with Crippen LogP contribution in [-0.2, 0) is 4.79 Å². The number of methoxy groups -OCH3 is 1. The average molecular weight is 291 g/mol. The van der Waals surface area contributed by atoms with Crippen LogP contribution in [0.5, 0.6) is 5.75 Å². The summed E-state index contributed by atoms with van der Waals surface area (Å²) < 4.78 is 5.24. The molecule has 2 rings (SSSR count). The highest BCUT2D eigenvalue weighted by Crippen LogP contribution is 2.27. The predicted molar refractivity (Wildman–Crippen MR) is 80.5 cm³/mol. The third-order valence-electron chi connectivity index (χ3n) is 3.88. The van der Waals surface area contributed by atoms with Gasteiger partial charge in [0.15, 0.2) is 0 Å². The third kappa shape index (κ3) is 3.33. The number of carbonyl (C=O) groups is 2. The molecule has 1 aromatic carbocycles. The van der Waals surface area contributed by atoms with Crippen LogP contribution in [0.4, 0.5) is 5.69 Å². The second-order valence-corrected chi connectivity index (χ2v) is 5.19. The van der Waals surface area contributed by atoms with Crippen LogP contribution in [0, 0.1) is 11.8 Å². The van der Waals surface area contributed by atoms with E-state index in [-0.39, 0.29) is 17.7 Å². The maximum absolute atomic E-state index is 12.3. The second kappa shape index (κ2) is 6.58. The smallest absolute Gasteiger partial charge is 0.251 e. The predicted octanol–water partition coefficient (Wildman–Crippen LogP) is 0.849. The van der Waals surface area contributed by atoms with E-state index >= 15 is 0 Å². The number of anilines is 1. The highest BCUT2D eigenvalue weighted by Gasteiger charge is 2.29. The Morgan fingerprint density at radius 1 is 1.38 bits per heavy atom. The molecule has 0 aromatic heterocycles. The van der Waals surface area contributed by atoms with Gasteiger partial charge in [0.1, 0.15) is 5.75 Å². The number of hydrogen-bond acceptors (Lipinski definition) is 4. The standard InChI is InChI=1S/C15H21N3O3/c1-9(11-7-17-8-11)14(19)18-12-6-10(15(20)16-2)4-5-13(12)21-3/h4-6,9,11,17H,7-8H2,1-3H3,(H,16,20)(H,18,19). The van der Waals surface area contributed by atoms with Gasteiger partial charge in [0.2, 0.25) is 5.91 Å². The molecule has 114 valence electrons. The number of nitrogens with one attached hydrogen (secondary N) is 3. The quantitative estimate of drug-likeness (QED) is 0.751. The van der Waals surface area contributed by atoms with E-state index in [9.17, 15) is 9.59 Å². The van der Waals surface area contributed by atoms with Gasteiger partial charge in [-0.3, -0.25) is 9.59 Å². The fourth-order valence-electron chi connectivity index (χ4n) is 2.22. The largest absolute Gasteiger partial charge is 0.495 e. The molecule has 1 unspecified atom stereocenters. The van der Waals surface area contributed by atoms with Crippen LogP contribution in [0.2, 0.25) is 0 Å². The molecule has 0 aliphatic carbocycles. The van der Waals surface area contributed by atoms with Crippen molar-refractivity contribution >= 4 is 17.5 Å². The Labute approximate surface area is 124 Å². The number of hydrogen-bond donors (Lipinski definition) is 3. The summed E-state index contributed by atoms with van der Waals surface area (Å²) in [5.74, 6) is 0.547. The van der Waals surface area contributed by atoms with Crippen molar-refractivity contribution < 1.29 is 14.3 Å². The second-order valence-electron chi connectivity index (χ2n) is 5.19. The van der Waals surface area contributed by atoms with Crippen LogP contribution in [-0.4, -0.2) is 39.1 Å². The van der Waals surface area contributed by atoms with Crippen molar-refractivity contribution in [1.29, 1.82) is 0 Å². The molecule has 1 fully saturated rings. The van der Waals surface area contributed by atoms with Gasteiger partial charge in [-0.2, -0.15) is 0 Å². The van der Waals surface area contributed by atoms with Gasteiger partial charge in [0, 0.05) is 18.5 Å².